The lowest BCUT2D eigenvalue weighted by molar-refractivity contribution is 0.0497. The van der Waals surface area contributed by atoms with E-state index in [-0.39, 0.29) is 5.91 Å². The first-order valence-corrected chi connectivity index (χ1v) is 7.01. The molecule has 0 aliphatic heterocycles. The molecule has 0 atom stereocenters. The molecule has 0 bridgehead atoms. The average molecular weight is 307 g/mol. The molecule has 120 valence electrons. The highest BCUT2D eigenvalue weighted by Gasteiger charge is 2.04. The van der Waals surface area contributed by atoms with E-state index in [1.807, 2.05) is 7.05 Å². The highest BCUT2D eigenvalue weighted by molar-refractivity contribution is 5.94. The van der Waals surface area contributed by atoms with Gasteiger partial charge in [-0.05, 0) is 24.7 Å². The van der Waals surface area contributed by atoms with Crippen LogP contribution in [-0.4, -0.2) is 52.5 Å². The lowest BCUT2D eigenvalue weighted by Crippen LogP contribution is -2.27. The minimum atomic E-state index is -0.193. The van der Waals surface area contributed by atoms with Crippen LogP contribution in [0.5, 0.6) is 0 Å². The van der Waals surface area contributed by atoms with Crippen LogP contribution in [-0.2, 0) is 9.47 Å². The zero-order valence-corrected chi connectivity index (χ0v) is 12.6. The maximum atomic E-state index is 11.8. The van der Waals surface area contributed by atoms with E-state index in [1.165, 1.54) is 0 Å². The van der Waals surface area contributed by atoms with Gasteiger partial charge in [0, 0.05) is 29.3 Å². The molecule has 0 heterocycles. The molecule has 0 spiro atoms. The van der Waals surface area contributed by atoms with E-state index in [2.05, 4.69) is 20.7 Å². The second-order valence-corrected chi connectivity index (χ2v) is 4.32. The normalized spacial score (nSPS) is 10.0. The van der Waals surface area contributed by atoms with Gasteiger partial charge in [-0.2, -0.15) is 0 Å². The number of rotatable bonds is 11. The Morgan fingerprint density at radius 1 is 1.14 bits per heavy atom. The lowest BCUT2D eigenvalue weighted by atomic mass is 10.2. The summed E-state index contributed by atoms with van der Waals surface area (Å²) < 4.78 is 10.6. The molecule has 2 N–H and O–H groups in total. The number of benzene rings is 1. The van der Waals surface area contributed by atoms with E-state index in [0.717, 1.165) is 6.54 Å². The molecule has 0 aromatic heterocycles. The minimum absolute atomic E-state index is 0.193. The number of nitrogens with one attached hydrogen (secondary N) is 2. The molecule has 8 heteroatoms. The predicted octanol–water partition coefficient (Wildman–Crippen LogP) is 1.61. The summed E-state index contributed by atoms with van der Waals surface area (Å²) in [6.45, 7) is 3.36. The Hall–Kier alpha value is -2.12. The van der Waals surface area contributed by atoms with Gasteiger partial charge in [0.15, 0.2) is 0 Å². The van der Waals surface area contributed by atoms with Gasteiger partial charge in [-0.15, -0.1) is 0 Å². The molecule has 0 saturated carbocycles. The van der Waals surface area contributed by atoms with Crippen molar-refractivity contribution in [2.24, 2.45) is 5.11 Å². The molecule has 1 amide bonds. The standard InChI is InChI=1S/C14H21N5O3/c1-16-6-8-21-10-11-22-9-7-17-14(20)12-2-4-13(5-3-12)18-19-15/h2-5,16H,6-11H2,1H3,(H,17,20). The van der Waals surface area contributed by atoms with Crippen molar-refractivity contribution in [2.45, 2.75) is 0 Å². The first-order chi connectivity index (χ1) is 10.8. The Bertz CT molecular complexity index is 486. The number of hydrogen-bond acceptors (Lipinski definition) is 5. The molecule has 1 aromatic carbocycles. The van der Waals surface area contributed by atoms with Crippen LogP contribution in [0.2, 0.25) is 0 Å². The molecule has 8 nitrogen and oxygen atoms in total. The summed E-state index contributed by atoms with van der Waals surface area (Å²) in [6.07, 6.45) is 0. The van der Waals surface area contributed by atoms with Crippen LogP contribution in [0.1, 0.15) is 10.4 Å². The van der Waals surface area contributed by atoms with Crippen LogP contribution in [0.25, 0.3) is 10.4 Å². The Balaban J connectivity index is 2.11. The Morgan fingerprint density at radius 3 is 2.36 bits per heavy atom. The summed E-state index contributed by atoms with van der Waals surface area (Å²) in [5, 5.41) is 9.17. The van der Waals surface area contributed by atoms with Crippen molar-refractivity contribution in [1.29, 1.82) is 0 Å². The molecule has 0 aliphatic rings. The number of likely N-dealkylation sites (N-methyl/N-ethyl adjacent to an activating group) is 1. The summed E-state index contributed by atoms with van der Waals surface area (Å²) in [6, 6.07) is 6.40. The second kappa shape index (κ2) is 11.5. The number of hydrogen-bond donors (Lipinski definition) is 2. The quantitative estimate of drug-likeness (QED) is 0.280. The van der Waals surface area contributed by atoms with E-state index in [1.54, 1.807) is 24.3 Å². The van der Waals surface area contributed by atoms with Gasteiger partial charge < -0.3 is 20.1 Å². The zero-order chi connectivity index (χ0) is 16.0. The van der Waals surface area contributed by atoms with Crippen molar-refractivity contribution in [1.82, 2.24) is 10.6 Å². The first-order valence-electron chi connectivity index (χ1n) is 7.01. The Labute approximate surface area is 129 Å². The molecule has 22 heavy (non-hydrogen) atoms. The van der Waals surface area contributed by atoms with Gasteiger partial charge >= 0.3 is 0 Å². The third-order valence-corrected chi connectivity index (χ3v) is 2.69. The van der Waals surface area contributed by atoms with Crippen molar-refractivity contribution in [3.05, 3.63) is 40.3 Å². The fourth-order valence-electron chi connectivity index (χ4n) is 1.57. The first kappa shape index (κ1) is 17.9. The predicted molar refractivity (Wildman–Crippen MR) is 83.1 cm³/mol. The topological polar surface area (TPSA) is 108 Å². The Kier molecular flexibility index (Phi) is 9.40. The Morgan fingerprint density at radius 2 is 1.77 bits per heavy atom. The van der Waals surface area contributed by atoms with E-state index < -0.39 is 0 Å². The highest BCUT2D eigenvalue weighted by Crippen LogP contribution is 2.12. The number of amides is 1. The summed E-state index contributed by atoms with van der Waals surface area (Å²) in [7, 11) is 1.87. The smallest absolute Gasteiger partial charge is 0.251 e. The number of ether oxygens (including phenoxy) is 2. The van der Waals surface area contributed by atoms with Crippen molar-refractivity contribution in [2.75, 3.05) is 46.6 Å². The summed E-state index contributed by atoms with van der Waals surface area (Å²) in [5.41, 5.74) is 9.28. The molecule has 0 aliphatic carbocycles. The van der Waals surface area contributed by atoms with E-state index >= 15 is 0 Å². The van der Waals surface area contributed by atoms with E-state index in [9.17, 15) is 4.79 Å². The van der Waals surface area contributed by atoms with Gasteiger partial charge in [0.05, 0.1) is 26.4 Å². The fraction of sp³-hybridized carbons (Fsp3) is 0.500. The second-order valence-electron chi connectivity index (χ2n) is 4.32. The summed E-state index contributed by atoms with van der Waals surface area (Å²) >= 11 is 0. The molecule has 0 radical (unpaired) electrons. The third-order valence-electron chi connectivity index (χ3n) is 2.69. The van der Waals surface area contributed by atoms with Crippen LogP contribution >= 0.6 is 0 Å². The fourth-order valence-corrected chi connectivity index (χ4v) is 1.57. The monoisotopic (exact) mass is 307 g/mol. The van der Waals surface area contributed by atoms with Crippen LogP contribution in [0.15, 0.2) is 29.4 Å². The lowest BCUT2D eigenvalue weighted by Gasteiger charge is -2.07. The number of azide groups is 1. The molecule has 1 rings (SSSR count). The van der Waals surface area contributed by atoms with Crippen molar-refractivity contribution in [3.8, 4) is 0 Å². The maximum absolute atomic E-state index is 11.8. The van der Waals surface area contributed by atoms with Crippen molar-refractivity contribution in [3.63, 3.8) is 0 Å². The van der Waals surface area contributed by atoms with Gasteiger partial charge in [-0.1, -0.05) is 17.2 Å². The molecule has 0 unspecified atom stereocenters. The summed E-state index contributed by atoms with van der Waals surface area (Å²) in [4.78, 5) is 14.5. The zero-order valence-electron chi connectivity index (χ0n) is 12.6. The van der Waals surface area contributed by atoms with Gasteiger partial charge in [-0.3, -0.25) is 4.79 Å². The van der Waals surface area contributed by atoms with Crippen molar-refractivity contribution >= 4 is 11.6 Å². The van der Waals surface area contributed by atoms with Gasteiger partial charge in [0.2, 0.25) is 0 Å². The molecule has 0 saturated heterocycles. The SMILES string of the molecule is CNCCOCCOCCNC(=O)c1ccc(N=[N+]=[N-])cc1. The van der Waals surface area contributed by atoms with Gasteiger partial charge in [-0.25, -0.2) is 0 Å². The van der Waals surface area contributed by atoms with Crippen LogP contribution < -0.4 is 10.6 Å². The maximum Gasteiger partial charge on any atom is 0.251 e. The molecule has 1 aromatic rings. The largest absolute Gasteiger partial charge is 0.378 e. The van der Waals surface area contributed by atoms with Crippen LogP contribution in [0.4, 0.5) is 5.69 Å². The van der Waals surface area contributed by atoms with Crippen LogP contribution in [0.3, 0.4) is 0 Å². The average Bonchev–Trinajstić information content (AvgIpc) is 2.54. The molecular formula is C14H21N5O3. The number of carbonyl (C=O) groups is 1. The molecular weight excluding hydrogens is 286 g/mol. The highest BCUT2D eigenvalue weighted by atomic mass is 16.5. The molecule has 0 fully saturated rings. The third kappa shape index (κ3) is 7.61. The number of carbonyl (C=O) groups excluding carboxylic acids is 1. The van der Waals surface area contributed by atoms with Crippen LogP contribution in [0, 0.1) is 0 Å². The van der Waals surface area contributed by atoms with Gasteiger partial charge in [0.25, 0.3) is 5.91 Å². The van der Waals surface area contributed by atoms with Gasteiger partial charge in [0.1, 0.15) is 0 Å². The van der Waals surface area contributed by atoms with E-state index in [0.29, 0.717) is 44.2 Å². The van der Waals surface area contributed by atoms with Crippen molar-refractivity contribution < 1.29 is 14.3 Å². The summed E-state index contributed by atoms with van der Waals surface area (Å²) in [5.74, 6) is -0.193. The number of nitrogens with zero attached hydrogens (tertiary/aromatic N) is 3. The van der Waals surface area contributed by atoms with E-state index in [4.69, 9.17) is 15.0 Å². The minimum Gasteiger partial charge on any atom is -0.378 e.